The summed E-state index contributed by atoms with van der Waals surface area (Å²) in [5.74, 6) is 0.262. The Morgan fingerprint density at radius 3 is 2.62 bits per heavy atom. The van der Waals surface area contributed by atoms with Gasteiger partial charge in [0, 0.05) is 13.0 Å². The van der Waals surface area contributed by atoms with Gasteiger partial charge in [-0.3, -0.25) is 4.79 Å². The SMILES string of the molecule is CC(C)(C)CC(=O)NCc1cccc(O)c1. The molecule has 1 rings (SSSR count). The summed E-state index contributed by atoms with van der Waals surface area (Å²) >= 11 is 0. The largest absolute Gasteiger partial charge is 0.508 e. The zero-order valence-corrected chi connectivity index (χ0v) is 10.1. The number of rotatable bonds is 3. The van der Waals surface area contributed by atoms with E-state index in [1.54, 1.807) is 18.2 Å². The summed E-state index contributed by atoms with van der Waals surface area (Å²) in [5, 5.41) is 12.1. The number of hydrogen-bond donors (Lipinski definition) is 2. The molecule has 0 spiro atoms. The molecule has 0 fully saturated rings. The molecule has 0 heterocycles. The second-order valence-electron chi connectivity index (χ2n) is 5.18. The lowest BCUT2D eigenvalue weighted by Crippen LogP contribution is -2.27. The summed E-state index contributed by atoms with van der Waals surface area (Å²) in [4.78, 5) is 11.5. The van der Waals surface area contributed by atoms with Crippen LogP contribution < -0.4 is 5.32 Å². The molecule has 0 radical (unpaired) electrons. The topological polar surface area (TPSA) is 49.3 Å². The van der Waals surface area contributed by atoms with Crippen molar-refractivity contribution in [1.29, 1.82) is 0 Å². The Kier molecular flexibility index (Phi) is 3.93. The van der Waals surface area contributed by atoms with Crippen molar-refractivity contribution in [2.75, 3.05) is 0 Å². The van der Waals surface area contributed by atoms with Crippen molar-refractivity contribution in [2.45, 2.75) is 33.7 Å². The summed E-state index contributed by atoms with van der Waals surface area (Å²) in [6.45, 7) is 6.55. The molecule has 0 bridgehead atoms. The molecule has 1 amide bonds. The highest BCUT2D eigenvalue weighted by Crippen LogP contribution is 2.18. The molecule has 0 aliphatic rings. The van der Waals surface area contributed by atoms with Crippen LogP contribution in [-0.2, 0) is 11.3 Å². The molecule has 3 heteroatoms. The van der Waals surface area contributed by atoms with E-state index in [4.69, 9.17) is 0 Å². The molecule has 1 aromatic carbocycles. The first-order chi connectivity index (χ1) is 7.37. The van der Waals surface area contributed by atoms with E-state index < -0.39 is 0 Å². The van der Waals surface area contributed by atoms with Gasteiger partial charge in [-0.15, -0.1) is 0 Å². The Balaban J connectivity index is 2.43. The van der Waals surface area contributed by atoms with Gasteiger partial charge in [0.05, 0.1) is 0 Å². The molecule has 0 aromatic heterocycles. The standard InChI is InChI=1S/C13H19NO2/c1-13(2,3)8-12(16)14-9-10-5-4-6-11(15)7-10/h4-7,15H,8-9H2,1-3H3,(H,14,16). The molecular formula is C13H19NO2. The summed E-state index contributed by atoms with van der Waals surface area (Å²) in [6.07, 6.45) is 0.506. The number of aromatic hydroxyl groups is 1. The van der Waals surface area contributed by atoms with E-state index in [0.29, 0.717) is 13.0 Å². The van der Waals surface area contributed by atoms with Crippen LogP contribution in [-0.4, -0.2) is 11.0 Å². The highest BCUT2D eigenvalue weighted by Gasteiger charge is 2.15. The number of carbonyl (C=O) groups excluding carboxylic acids is 1. The Hall–Kier alpha value is -1.51. The molecule has 0 atom stereocenters. The first kappa shape index (κ1) is 12.6. The minimum atomic E-state index is 0.00289. The smallest absolute Gasteiger partial charge is 0.220 e. The molecule has 0 aliphatic heterocycles. The molecule has 2 N–H and O–H groups in total. The minimum absolute atomic E-state index is 0.00289. The molecular weight excluding hydrogens is 202 g/mol. The predicted octanol–water partition coefficient (Wildman–Crippen LogP) is 2.44. The fraction of sp³-hybridized carbons (Fsp3) is 0.462. The average molecular weight is 221 g/mol. The van der Waals surface area contributed by atoms with Crippen LogP contribution in [0.25, 0.3) is 0 Å². The van der Waals surface area contributed by atoms with E-state index in [1.165, 1.54) is 0 Å². The van der Waals surface area contributed by atoms with Crippen LogP contribution >= 0.6 is 0 Å². The third-order valence-electron chi connectivity index (χ3n) is 2.09. The summed E-state index contributed by atoms with van der Waals surface area (Å²) in [6, 6.07) is 6.90. The van der Waals surface area contributed by atoms with Crippen molar-refractivity contribution in [2.24, 2.45) is 5.41 Å². The van der Waals surface area contributed by atoms with Crippen LogP contribution in [0.2, 0.25) is 0 Å². The van der Waals surface area contributed by atoms with Crippen molar-refractivity contribution in [3.8, 4) is 5.75 Å². The van der Waals surface area contributed by atoms with Gasteiger partial charge in [0.2, 0.25) is 5.91 Å². The second kappa shape index (κ2) is 5.01. The molecule has 88 valence electrons. The van der Waals surface area contributed by atoms with Crippen molar-refractivity contribution in [3.63, 3.8) is 0 Å². The maximum atomic E-state index is 11.5. The molecule has 1 aromatic rings. The highest BCUT2D eigenvalue weighted by molar-refractivity contribution is 5.76. The number of phenols is 1. The summed E-state index contributed by atoms with van der Waals surface area (Å²) in [7, 11) is 0. The van der Waals surface area contributed by atoms with E-state index in [2.05, 4.69) is 5.32 Å². The van der Waals surface area contributed by atoms with Gasteiger partial charge in [-0.1, -0.05) is 32.9 Å². The molecule has 16 heavy (non-hydrogen) atoms. The van der Waals surface area contributed by atoms with Crippen LogP contribution in [0.4, 0.5) is 0 Å². The molecule has 0 saturated heterocycles. The number of phenolic OH excluding ortho intramolecular Hbond substituents is 1. The molecule has 0 aliphatic carbocycles. The number of hydrogen-bond acceptors (Lipinski definition) is 2. The van der Waals surface area contributed by atoms with Crippen LogP contribution in [0, 0.1) is 5.41 Å². The Morgan fingerprint density at radius 2 is 2.06 bits per heavy atom. The number of nitrogens with one attached hydrogen (secondary N) is 1. The Bertz CT molecular complexity index is 366. The van der Waals surface area contributed by atoms with Crippen molar-refractivity contribution >= 4 is 5.91 Å². The van der Waals surface area contributed by atoms with E-state index in [1.807, 2.05) is 26.8 Å². The predicted molar refractivity (Wildman–Crippen MR) is 64.0 cm³/mol. The first-order valence-electron chi connectivity index (χ1n) is 5.41. The normalized spacial score (nSPS) is 11.2. The third-order valence-corrected chi connectivity index (χ3v) is 2.09. The zero-order chi connectivity index (χ0) is 12.2. The van der Waals surface area contributed by atoms with E-state index in [-0.39, 0.29) is 17.1 Å². The Morgan fingerprint density at radius 1 is 1.38 bits per heavy atom. The lowest BCUT2D eigenvalue weighted by atomic mass is 9.92. The van der Waals surface area contributed by atoms with E-state index >= 15 is 0 Å². The van der Waals surface area contributed by atoms with Crippen molar-refractivity contribution < 1.29 is 9.90 Å². The summed E-state index contributed by atoms with van der Waals surface area (Å²) < 4.78 is 0. The maximum Gasteiger partial charge on any atom is 0.220 e. The molecule has 0 unspecified atom stereocenters. The summed E-state index contributed by atoms with van der Waals surface area (Å²) in [5.41, 5.74) is 0.908. The molecule has 0 saturated carbocycles. The van der Waals surface area contributed by atoms with Gasteiger partial charge in [-0.05, 0) is 23.1 Å². The van der Waals surface area contributed by atoms with Gasteiger partial charge in [0.25, 0.3) is 0 Å². The number of carbonyl (C=O) groups is 1. The monoisotopic (exact) mass is 221 g/mol. The minimum Gasteiger partial charge on any atom is -0.508 e. The van der Waals surface area contributed by atoms with Gasteiger partial charge < -0.3 is 10.4 Å². The highest BCUT2D eigenvalue weighted by atomic mass is 16.3. The van der Waals surface area contributed by atoms with Gasteiger partial charge in [0.15, 0.2) is 0 Å². The third kappa shape index (κ3) is 4.82. The van der Waals surface area contributed by atoms with Gasteiger partial charge in [0.1, 0.15) is 5.75 Å². The fourth-order valence-corrected chi connectivity index (χ4v) is 1.41. The average Bonchev–Trinajstić information content (AvgIpc) is 2.12. The lowest BCUT2D eigenvalue weighted by molar-refractivity contribution is -0.122. The number of benzene rings is 1. The quantitative estimate of drug-likeness (QED) is 0.823. The maximum absolute atomic E-state index is 11.5. The number of amides is 1. The van der Waals surface area contributed by atoms with Crippen LogP contribution in [0.15, 0.2) is 24.3 Å². The van der Waals surface area contributed by atoms with Gasteiger partial charge in [-0.2, -0.15) is 0 Å². The van der Waals surface area contributed by atoms with Crippen molar-refractivity contribution in [1.82, 2.24) is 5.32 Å². The molecule has 3 nitrogen and oxygen atoms in total. The lowest BCUT2D eigenvalue weighted by Gasteiger charge is -2.17. The van der Waals surface area contributed by atoms with Crippen LogP contribution in [0.1, 0.15) is 32.8 Å². The Labute approximate surface area is 96.5 Å². The van der Waals surface area contributed by atoms with Gasteiger partial charge in [-0.25, -0.2) is 0 Å². The second-order valence-corrected chi connectivity index (χ2v) is 5.18. The van der Waals surface area contributed by atoms with E-state index in [9.17, 15) is 9.90 Å². The van der Waals surface area contributed by atoms with Gasteiger partial charge >= 0.3 is 0 Å². The fourth-order valence-electron chi connectivity index (χ4n) is 1.41. The van der Waals surface area contributed by atoms with Crippen LogP contribution in [0.3, 0.4) is 0 Å². The first-order valence-corrected chi connectivity index (χ1v) is 5.41. The zero-order valence-electron chi connectivity index (χ0n) is 10.1. The van der Waals surface area contributed by atoms with Crippen molar-refractivity contribution in [3.05, 3.63) is 29.8 Å². The van der Waals surface area contributed by atoms with E-state index in [0.717, 1.165) is 5.56 Å². The van der Waals surface area contributed by atoms with Crippen LogP contribution in [0.5, 0.6) is 5.75 Å².